The number of aromatic nitrogens is 1. The number of rotatable bonds is 15. The molecule has 6 rings (SSSR count). The molecule has 62 heavy (non-hydrogen) atoms. The van der Waals surface area contributed by atoms with E-state index in [1.54, 1.807) is 6.07 Å². The molecule has 0 radical (unpaired) electrons. The quantitative estimate of drug-likeness (QED) is 0.0863. The van der Waals surface area contributed by atoms with Crippen LogP contribution in [0.1, 0.15) is 78.4 Å². The molecule has 2 fully saturated rings. The lowest BCUT2D eigenvalue weighted by atomic mass is 9.97. The van der Waals surface area contributed by atoms with Crippen LogP contribution in [0.4, 0.5) is 0 Å². The highest BCUT2D eigenvalue weighted by atomic mass is 16.7. The van der Waals surface area contributed by atoms with E-state index >= 15 is 0 Å². The third kappa shape index (κ3) is 11.9. The van der Waals surface area contributed by atoms with Crippen LogP contribution in [-0.2, 0) is 49.4 Å². The third-order valence-electron chi connectivity index (χ3n) is 10.8. The zero-order valence-electron chi connectivity index (χ0n) is 37.1. The van der Waals surface area contributed by atoms with Gasteiger partial charge in [-0.3, -0.25) is 19.3 Å². The van der Waals surface area contributed by atoms with Gasteiger partial charge in [0.2, 0.25) is 12.4 Å². The molecule has 3 aromatic carbocycles. The van der Waals surface area contributed by atoms with Crippen LogP contribution in [0.3, 0.4) is 0 Å². The van der Waals surface area contributed by atoms with Gasteiger partial charge in [-0.1, -0.05) is 45.7 Å². The lowest BCUT2D eigenvalue weighted by molar-refractivity contribution is -0.282. The molecule has 0 saturated carbocycles. The number of fused-ring (bicyclic) bond motifs is 1. The summed E-state index contributed by atoms with van der Waals surface area (Å²) in [4.78, 5) is 52.5. The molecule has 2 saturated heterocycles. The molecule has 14 nitrogen and oxygen atoms in total. The average molecular weight is 857 g/mol. The van der Waals surface area contributed by atoms with E-state index in [4.69, 9.17) is 37.9 Å². The molecule has 0 bridgehead atoms. The van der Waals surface area contributed by atoms with Gasteiger partial charge in [-0.25, -0.2) is 4.79 Å². The van der Waals surface area contributed by atoms with Crippen molar-refractivity contribution in [3.8, 4) is 28.5 Å². The Labute approximate surface area is 363 Å². The van der Waals surface area contributed by atoms with E-state index in [0.717, 1.165) is 92.3 Å². The summed E-state index contributed by atoms with van der Waals surface area (Å²) in [5.74, 6) is -1.34. The van der Waals surface area contributed by atoms with Crippen LogP contribution in [0.25, 0.3) is 22.2 Å². The van der Waals surface area contributed by atoms with E-state index in [1.807, 2.05) is 43.3 Å². The van der Waals surface area contributed by atoms with Gasteiger partial charge in [0.1, 0.15) is 23.9 Å². The molecule has 0 unspecified atom stereocenters. The SMILES string of the molecule is COC(=O)[C@H]1O[C@@H](Oc2ccc3c(c2)c(C)c(-c2ccc(OCC(C)(C)C)cc2)n3Cc2ccc(OCCN3CCCCCC3)cc2)[C@H](OC(C)=O)[C@@H](OC(C)=O)[C@@H]1OC(C)=O. The summed E-state index contributed by atoms with van der Waals surface area (Å²) in [5, 5.41) is 0.859. The van der Waals surface area contributed by atoms with Crippen LogP contribution in [0.2, 0.25) is 0 Å². The summed E-state index contributed by atoms with van der Waals surface area (Å²) in [6, 6.07) is 21.8. The van der Waals surface area contributed by atoms with E-state index in [-0.39, 0.29) is 5.41 Å². The number of carbonyl (C=O) groups is 4. The van der Waals surface area contributed by atoms with Crippen molar-refractivity contribution in [3.05, 3.63) is 77.9 Å². The van der Waals surface area contributed by atoms with E-state index in [2.05, 4.69) is 54.5 Å². The number of likely N-dealkylation sites (tertiary alicyclic amines) is 1. The van der Waals surface area contributed by atoms with Gasteiger partial charge in [-0.15, -0.1) is 0 Å². The van der Waals surface area contributed by atoms with Gasteiger partial charge in [0.05, 0.1) is 19.4 Å². The Morgan fingerprint density at radius 2 is 1.31 bits per heavy atom. The van der Waals surface area contributed by atoms with Crippen molar-refractivity contribution in [2.75, 3.05) is 40.0 Å². The second-order valence-corrected chi connectivity index (χ2v) is 17.1. The fraction of sp³-hybridized carbons (Fsp3) is 0.500. The molecule has 2 aliphatic heterocycles. The Kier molecular flexibility index (Phi) is 15.2. The van der Waals surface area contributed by atoms with Crippen molar-refractivity contribution >= 4 is 34.8 Å². The molecule has 5 atom stereocenters. The number of methoxy groups -OCH3 is 1. The molecular formula is C48H60N2O12. The van der Waals surface area contributed by atoms with Gasteiger partial charge >= 0.3 is 23.9 Å². The Hall–Kier alpha value is -5.60. The second kappa shape index (κ2) is 20.5. The highest BCUT2D eigenvalue weighted by Crippen LogP contribution is 2.38. The van der Waals surface area contributed by atoms with Crippen molar-refractivity contribution < 1.29 is 57.1 Å². The van der Waals surface area contributed by atoms with Crippen molar-refractivity contribution in [1.82, 2.24) is 9.47 Å². The van der Waals surface area contributed by atoms with Crippen molar-refractivity contribution in [1.29, 1.82) is 0 Å². The minimum atomic E-state index is -1.59. The minimum absolute atomic E-state index is 0.00128. The van der Waals surface area contributed by atoms with Crippen LogP contribution in [0.15, 0.2) is 66.7 Å². The number of aryl methyl sites for hydroxylation is 1. The van der Waals surface area contributed by atoms with Gasteiger partial charge in [0, 0.05) is 44.8 Å². The second-order valence-electron chi connectivity index (χ2n) is 17.1. The zero-order chi connectivity index (χ0) is 44.6. The van der Waals surface area contributed by atoms with Crippen LogP contribution in [0.5, 0.6) is 17.2 Å². The Morgan fingerprint density at radius 1 is 0.726 bits per heavy atom. The molecule has 2 aliphatic rings. The highest BCUT2D eigenvalue weighted by Gasteiger charge is 2.56. The number of nitrogens with zero attached hydrogens (tertiary/aromatic N) is 2. The first-order chi connectivity index (χ1) is 29.6. The van der Waals surface area contributed by atoms with Crippen molar-refractivity contribution in [2.24, 2.45) is 5.41 Å². The first-order valence-corrected chi connectivity index (χ1v) is 21.3. The van der Waals surface area contributed by atoms with Gasteiger partial charge in [-0.05, 0) is 110 Å². The fourth-order valence-corrected chi connectivity index (χ4v) is 7.95. The summed E-state index contributed by atoms with van der Waals surface area (Å²) in [6.07, 6.45) is -2.43. The fourth-order valence-electron chi connectivity index (χ4n) is 7.95. The van der Waals surface area contributed by atoms with Crippen LogP contribution in [-0.4, -0.2) is 104 Å². The Balaban J connectivity index is 1.33. The van der Waals surface area contributed by atoms with Gasteiger partial charge in [-0.2, -0.15) is 0 Å². The number of esters is 4. The molecule has 14 heteroatoms. The monoisotopic (exact) mass is 856 g/mol. The van der Waals surface area contributed by atoms with Gasteiger partial charge < -0.3 is 42.5 Å². The minimum Gasteiger partial charge on any atom is -0.493 e. The first-order valence-electron chi connectivity index (χ1n) is 21.3. The smallest absolute Gasteiger partial charge is 0.339 e. The maximum atomic E-state index is 13.0. The number of benzene rings is 3. The topological polar surface area (TPSA) is 150 Å². The number of ether oxygens (including phenoxy) is 8. The standard InChI is InChI=1S/C48H60N2O12/c1-30-39-27-38(61-47-45(60-33(4)53)43(59-32(3)52)42(58-31(2)51)44(62-47)46(54)55-8)21-22-40(39)50(41(30)35-15-19-37(20-16-35)57-29-48(5,6)7)28-34-13-17-36(18-14-34)56-26-25-49-23-11-9-10-12-24-49/h13-22,27,42-45,47H,9-12,23-26,28-29H2,1-8H3/t42-,43-,44-,45+,47+/m0/s1. The van der Waals surface area contributed by atoms with Crippen LogP contribution < -0.4 is 14.2 Å². The van der Waals surface area contributed by atoms with E-state index < -0.39 is 54.6 Å². The largest absolute Gasteiger partial charge is 0.493 e. The molecule has 1 aromatic heterocycles. The Bertz CT molecular complexity index is 2170. The van der Waals surface area contributed by atoms with E-state index in [1.165, 1.54) is 25.7 Å². The van der Waals surface area contributed by atoms with Crippen LogP contribution in [0, 0.1) is 12.3 Å². The van der Waals surface area contributed by atoms with E-state index in [0.29, 0.717) is 25.5 Å². The lowest BCUT2D eigenvalue weighted by Gasteiger charge is -2.43. The zero-order valence-corrected chi connectivity index (χ0v) is 37.1. The number of hydrogen-bond donors (Lipinski definition) is 0. The molecular weight excluding hydrogens is 797 g/mol. The molecule has 3 heterocycles. The van der Waals surface area contributed by atoms with Crippen molar-refractivity contribution in [3.63, 3.8) is 0 Å². The molecule has 4 aromatic rings. The maximum Gasteiger partial charge on any atom is 0.339 e. The average Bonchev–Trinajstić information content (AvgIpc) is 3.34. The third-order valence-corrected chi connectivity index (χ3v) is 10.8. The van der Waals surface area contributed by atoms with E-state index in [9.17, 15) is 19.2 Å². The summed E-state index contributed by atoms with van der Waals surface area (Å²) < 4.78 is 48.4. The number of carbonyl (C=O) groups excluding carboxylic acids is 4. The predicted molar refractivity (Wildman–Crippen MR) is 231 cm³/mol. The van der Waals surface area contributed by atoms with Gasteiger partial charge in [0.25, 0.3) is 0 Å². The van der Waals surface area contributed by atoms with Crippen molar-refractivity contribution in [2.45, 2.75) is 111 Å². The van der Waals surface area contributed by atoms with Gasteiger partial charge in [0.15, 0.2) is 18.3 Å². The molecule has 0 spiro atoms. The normalized spacial score (nSPS) is 20.7. The Morgan fingerprint density at radius 3 is 1.92 bits per heavy atom. The summed E-state index contributed by atoms with van der Waals surface area (Å²) in [5.41, 5.74) is 4.90. The maximum absolute atomic E-state index is 13.0. The summed E-state index contributed by atoms with van der Waals surface area (Å²) >= 11 is 0. The summed E-state index contributed by atoms with van der Waals surface area (Å²) in [7, 11) is 1.14. The van der Waals surface area contributed by atoms with Crippen LogP contribution >= 0.6 is 0 Å². The molecule has 0 N–H and O–H groups in total. The predicted octanol–water partition coefficient (Wildman–Crippen LogP) is 7.42. The molecule has 0 amide bonds. The highest BCUT2D eigenvalue weighted by molar-refractivity contribution is 5.92. The number of hydrogen-bond acceptors (Lipinski definition) is 13. The molecule has 334 valence electrons. The lowest BCUT2D eigenvalue weighted by Crippen LogP contribution is -2.64. The molecule has 0 aliphatic carbocycles. The first kappa shape index (κ1) is 45.9. The summed E-state index contributed by atoms with van der Waals surface area (Å²) in [6.45, 7) is 16.8.